The largest absolute Gasteiger partial charge is 0.497 e. The van der Waals surface area contributed by atoms with Crippen LogP contribution < -0.4 is 9.47 Å². The van der Waals surface area contributed by atoms with Crippen molar-refractivity contribution in [1.82, 2.24) is 9.55 Å². The lowest BCUT2D eigenvalue weighted by molar-refractivity contribution is 0.175. The van der Waals surface area contributed by atoms with Gasteiger partial charge in [0.25, 0.3) is 0 Å². The third kappa shape index (κ3) is 4.41. The predicted octanol–water partition coefficient (Wildman–Crippen LogP) is 4.43. The first-order chi connectivity index (χ1) is 11.2. The van der Waals surface area contributed by atoms with Gasteiger partial charge in [0.1, 0.15) is 11.5 Å². The molecule has 1 aliphatic rings. The molecule has 2 aromatic rings. The fraction of sp³-hybridized carbons (Fsp3) is 0.500. The molecule has 3 rings (SSSR count). The number of nitrogens with zero attached hydrogens (tertiary/aromatic N) is 2. The first kappa shape index (κ1) is 16.2. The van der Waals surface area contributed by atoms with Crippen molar-refractivity contribution in [3.63, 3.8) is 0 Å². The average Bonchev–Trinajstić information content (AvgIpc) is 3.08. The molecular formula is C18H23ClN2O2. The van der Waals surface area contributed by atoms with Crippen molar-refractivity contribution in [2.24, 2.45) is 11.8 Å². The maximum atomic E-state index is 6.21. The zero-order chi connectivity index (χ0) is 16.1. The van der Waals surface area contributed by atoms with Gasteiger partial charge in [-0.15, -0.1) is 0 Å². The molecule has 0 radical (unpaired) electrons. The Morgan fingerprint density at radius 1 is 1.22 bits per heavy atom. The van der Waals surface area contributed by atoms with Gasteiger partial charge < -0.3 is 14.0 Å². The highest BCUT2D eigenvalue weighted by Gasteiger charge is 2.22. The minimum Gasteiger partial charge on any atom is -0.497 e. The average molecular weight is 335 g/mol. The van der Waals surface area contributed by atoms with Gasteiger partial charge in [-0.3, -0.25) is 0 Å². The summed E-state index contributed by atoms with van der Waals surface area (Å²) < 4.78 is 13.2. The molecule has 124 valence electrons. The number of hydrogen-bond acceptors (Lipinski definition) is 3. The molecule has 0 unspecified atom stereocenters. The summed E-state index contributed by atoms with van der Waals surface area (Å²) in [7, 11) is 1.63. The fourth-order valence-electron chi connectivity index (χ4n) is 3.21. The minimum atomic E-state index is 0.609. The molecule has 1 fully saturated rings. The van der Waals surface area contributed by atoms with Gasteiger partial charge in [0.05, 0.1) is 25.1 Å². The van der Waals surface area contributed by atoms with Crippen molar-refractivity contribution in [2.45, 2.75) is 32.2 Å². The molecule has 23 heavy (non-hydrogen) atoms. The second kappa shape index (κ2) is 7.73. The van der Waals surface area contributed by atoms with E-state index in [2.05, 4.69) is 9.55 Å². The van der Waals surface area contributed by atoms with Gasteiger partial charge in [0, 0.05) is 25.0 Å². The third-order valence-corrected chi connectivity index (χ3v) is 4.90. The Labute approximate surface area is 142 Å². The normalized spacial score (nSPS) is 21.1. The van der Waals surface area contributed by atoms with E-state index in [4.69, 9.17) is 21.1 Å². The Balaban J connectivity index is 1.44. The molecule has 0 spiro atoms. The van der Waals surface area contributed by atoms with E-state index in [1.165, 1.54) is 25.7 Å². The van der Waals surface area contributed by atoms with Crippen LogP contribution >= 0.6 is 11.6 Å². The van der Waals surface area contributed by atoms with Crippen LogP contribution in [-0.4, -0.2) is 23.3 Å². The Morgan fingerprint density at radius 2 is 2.00 bits per heavy atom. The maximum absolute atomic E-state index is 6.21. The monoisotopic (exact) mass is 334 g/mol. The quantitative estimate of drug-likeness (QED) is 0.784. The minimum absolute atomic E-state index is 0.609. The number of benzene rings is 1. The Morgan fingerprint density at radius 3 is 2.65 bits per heavy atom. The van der Waals surface area contributed by atoms with Crippen molar-refractivity contribution in [2.75, 3.05) is 13.7 Å². The van der Waals surface area contributed by atoms with Crippen LogP contribution in [0.5, 0.6) is 11.5 Å². The van der Waals surface area contributed by atoms with Gasteiger partial charge >= 0.3 is 0 Å². The van der Waals surface area contributed by atoms with E-state index in [0.29, 0.717) is 10.9 Å². The van der Waals surface area contributed by atoms with Crippen LogP contribution in [-0.2, 0) is 6.54 Å². The van der Waals surface area contributed by atoms with Crippen LogP contribution in [0.4, 0.5) is 0 Å². The molecule has 0 aliphatic heterocycles. The highest BCUT2D eigenvalue weighted by Crippen LogP contribution is 2.32. The molecular weight excluding hydrogens is 312 g/mol. The summed E-state index contributed by atoms with van der Waals surface area (Å²) in [6.07, 6.45) is 10.7. The third-order valence-electron chi connectivity index (χ3n) is 4.61. The summed E-state index contributed by atoms with van der Waals surface area (Å²) in [4.78, 5) is 4.11. The summed E-state index contributed by atoms with van der Waals surface area (Å²) in [6, 6.07) is 5.55. The van der Waals surface area contributed by atoms with Gasteiger partial charge in [0.15, 0.2) is 0 Å². The number of imidazole rings is 1. The summed E-state index contributed by atoms with van der Waals surface area (Å²) in [6.45, 7) is 1.82. The second-order valence-electron chi connectivity index (χ2n) is 6.25. The lowest BCUT2D eigenvalue weighted by Gasteiger charge is -2.28. The van der Waals surface area contributed by atoms with E-state index in [-0.39, 0.29) is 0 Å². The van der Waals surface area contributed by atoms with Gasteiger partial charge in [-0.1, -0.05) is 11.6 Å². The molecule has 0 amide bonds. The molecule has 1 aliphatic carbocycles. The van der Waals surface area contributed by atoms with E-state index in [1.54, 1.807) is 13.2 Å². The van der Waals surface area contributed by atoms with Crippen molar-refractivity contribution >= 4 is 11.6 Å². The van der Waals surface area contributed by atoms with Crippen molar-refractivity contribution < 1.29 is 9.47 Å². The van der Waals surface area contributed by atoms with Crippen molar-refractivity contribution in [1.29, 1.82) is 0 Å². The number of ether oxygens (including phenoxy) is 2. The van der Waals surface area contributed by atoms with Crippen molar-refractivity contribution in [3.8, 4) is 11.5 Å². The highest BCUT2D eigenvalue weighted by atomic mass is 35.5. The summed E-state index contributed by atoms with van der Waals surface area (Å²) in [5.74, 6) is 2.87. The lowest BCUT2D eigenvalue weighted by atomic mass is 9.82. The summed E-state index contributed by atoms with van der Waals surface area (Å²) in [5, 5.41) is 0.609. The number of rotatable bonds is 6. The van der Waals surface area contributed by atoms with E-state index in [0.717, 1.165) is 30.6 Å². The maximum Gasteiger partial charge on any atom is 0.138 e. The first-order valence-corrected chi connectivity index (χ1v) is 8.54. The zero-order valence-corrected chi connectivity index (χ0v) is 14.2. The summed E-state index contributed by atoms with van der Waals surface area (Å²) >= 11 is 6.21. The Kier molecular flexibility index (Phi) is 5.44. The van der Waals surface area contributed by atoms with Crippen LogP contribution in [0.1, 0.15) is 25.7 Å². The molecule has 1 saturated carbocycles. The van der Waals surface area contributed by atoms with E-state index in [9.17, 15) is 0 Å². The fourth-order valence-corrected chi connectivity index (χ4v) is 3.43. The Hall–Kier alpha value is -1.68. The molecule has 1 aromatic carbocycles. The molecule has 1 heterocycles. The Bertz CT molecular complexity index is 607. The number of methoxy groups -OCH3 is 1. The molecule has 4 nitrogen and oxygen atoms in total. The molecule has 0 atom stereocenters. The number of halogens is 1. The SMILES string of the molecule is COc1ccc(OCC2CCC(Cn3ccnc3)CC2)c(Cl)c1. The second-order valence-corrected chi connectivity index (χ2v) is 6.66. The number of hydrogen-bond donors (Lipinski definition) is 0. The smallest absolute Gasteiger partial charge is 0.138 e. The van der Waals surface area contributed by atoms with Crippen LogP contribution in [0, 0.1) is 11.8 Å². The van der Waals surface area contributed by atoms with E-state index in [1.807, 2.05) is 30.9 Å². The lowest BCUT2D eigenvalue weighted by Crippen LogP contribution is -2.22. The van der Waals surface area contributed by atoms with Crippen molar-refractivity contribution in [3.05, 3.63) is 41.9 Å². The van der Waals surface area contributed by atoms with Gasteiger partial charge in [0.2, 0.25) is 0 Å². The van der Waals surface area contributed by atoms with Gasteiger partial charge in [-0.25, -0.2) is 4.98 Å². The zero-order valence-electron chi connectivity index (χ0n) is 13.5. The van der Waals surface area contributed by atoms with Crippen LogP contribution in [0.2, 0.25) is 5.02 Å². The van der Waals surface area contributed by atoms with Crippen LogP contribution in [0.15, 0.2) is 36.9 Å². The molecule has 0 saturated heterocycles. The highest BCUT2D eigenvalue weighted by molar-refractivity contribution is 6.32. The van der Waals surface area contributed by atoms with E-state index < -0.39 is 0 Å². The van der Waals surface area contributed by atoms with Gasteiger partial charge in [-0.2, -0.15) is 0 Å². The van der Waals surface area contributed by atoms with Crippen LogP contribution in [0.25, 0.3) is 0 Å². The number of aromatic nitrogens is 2. The molecule has 1 aromatic heterocycles. The predicted molar refractivity (Wildman–Crippen MR) is 91.2 cm³/mol. The first-order valence-electron chi connectivity index (χ1n) is 8.16. The molecule has 5 heteroatoms. The molecule has 0 N–H and O–H groups in total. The van der Waals surface area contributed by atoms with Gasteiger partial charge in [-0.05, 0) is 49.7 Å². The van der Waals surface area contributed by atoms with Crippen LogP contribution in [0.3, 0.4) is 0 Å². The van der Waals surface area contributed by atoms with E-state index >= 15 is 0 Å². The standard InChI is InChI=1S/C18H23ClN2O2/c1-22-16-6-7-18(17(19)10-16)23-12-15-4-2-14(3-5-15)11-21-9-8-20-13-21/h6-10,13-15H,2-5,11-12H2,1H3. The summed E-state index contributed by atoms with van der Waals surface area (Å²) in [5.41, 5.74) is 0. The topological polar surface area (TPSA) is 36.3 Å². The molecule has 0 bridgehead atoms.